The third-order valence-corrected chi connectivity index (χ3v) is 3.18. The van der Waals surface area contributed by atoms with E-state index in [0.717, 1.165) is 32.5 Å². The molecule has 84 valence electrons. The summed E-state index contributed by atoms with van der Waals surface area (Å²) in [4.78, 5) is 26.2. The Balaban J connectivity index is 1.82. The van der Waals surface area contributed by atoms with Crippen LogP contribution in [0.3, 0.4) is 0 Å². The van der Waals surface area contributed by atoms with Crippen molar-refractivity contribution in [2.24, 2.45) is 5.92 Å². The molecule has 0 spiro atoms. The first-order valence-electron chi connectivity index (χ1n) is 5.42. The lowest BCUT2D eigenvalue weighted by Gasteiger charge is -2.30. The fraction of sp³-hybridized carbons (Fsp3) is 0.800. The van der Waals surface area contributed by atoms with Crippen molar-refractivity contribution < 1.29 is 9.59 Å². The number of rotatable bonds is 2. The van der Waals surface area contributed by atoms with Crippen LogP contribution in [0.2, 0.25) is 0 Å². The number of carbonyl (C=O) groups is 2. The standard InChI is InChI=1S/C10H17N3O2/c1-12-4-2-8(3-5-12)6-13-7-9(14)11-10(13)15/h8H,2-7H2,1H3,(H,11,14,15). The predicted octanol–water partition coefficient (Wildman–Crippen LogP) is -0.120. The van der Waals surface area contributed by atoms with E-state index < -0.39 is 0 Å². The second-order valence-electron chi connectivity index (χ2n) is 4.48. The Morgan fingerprint density at radius 1 is 1.33 bits per heavy atom. The maximum Gasteiger partial charge on any atom is 0.324 e. The Kier molecular flexibility index (Phi) is 2.90. The zero-order valence-electron chi connectivity index (χ0n) is 9.03. The van der Waals surface area contributed by atoms with Gasteiger partial charge in [-0.3, -0.25) is 10.1 Å². The molecule has 0 saturated carbocycles. The molecule has 2 aliphatic heterocycles. The molecule has 2 saturated heterocycles. The number of imide groups is 1. The SMILES string of the molecule is CN1CCC(CN2CC(=O)NC2=O)CC1. The van der Waals surface area contributed by atoms with Gasteiger partial charge >= 0.3 is 6.03 Å². The second kappa shape index (κ2) is 4.18. The van der Waals surface area contributed by atoms with Gasteiger partial charge in [-0.2, -0.15) is 0 Å². The average Bonchev–Trinajstić information content (AvgIpc) is 2.49. The molecule has 0 aliphatic carbocycles. The number of piperidine rings is 1. The van der Waals surface area contributed by atoms with Crippen molar-refractivity contribution in [1.82, 2.24) is 15.1 Å². The van der Waals surface area contributed by atoms with E-state index in [1.54, 1.807) is 4.90 Å². The molecule has 0 aromatic rings. The number of likely N-dealkylation sites (tertiary alicyclic amines) is 1. The fourth-order valence-electron chi connectivity index (χ4n) is 2.19. The minimum absolute atomic E-state index is 0.173. The van der Waals surface area contributed by atoms with Crippen LogP contribution in [-0.2, 0) is 4.79 Å². The predicted molar refractivity (Wildman–Crippen MR) is 55.3 cm³/mol. The molecule has 2 fully saturated rings. The number of amides is 3. The van der Waals surface area contributed by atoms with Gasteiger partial charge in [-0.25, -0.2) is 4.79 Å². The van der Waals surface area contributed by atoms with Crippen molar-refractivity contribution >= 4 is 11.9 Å². The number of hydrogen-bond acceptors (Lipinski definition) is 3. The van der Waals surface area contributed by atoms with Gasteiger partial charge in [-0.1, -0.05) is 0 Å². The lowest BCUT2D eigenvalue weighted by Crippen LogP contribution is -2.38. The smallest absolute Gasteiger partial charge is 0.315 e. The zero-order valence-corrected chi connectivity index (χ0v) is 9.03. The molecule has 0 unspecified atom stereocenters. The molecule has 0 radical (unpaired) electrons. The van der Waals surface area contributed by atoms with Gasteiger partial charge in [0.2, 0.25) is 5.91 Å². The molecule has 0 aromatic heterocycles. The van der Waals surface area contributed by atoms with Crippen LogP contribution in [0.25, 0.3) is 0 Å². The maximum atomic E-state index is 11.3. The summed E-state index contributed by atoms with van der Waals surface area (Å²) >= 11 is 0. The summed E-state index contributed by atoms with van der Waals surface area (Å²) in [6, 6.07) is -0.223. The van der Waals surface area contributed by atoms with Crippen LogP contribution in [0.4, 0.5) is 4.79 Å². The number of hydrogen-bond donors (Lipinski definition) is 1. The molecule has 3 amide bonds. The van der Waals surface area contributed by atoms with Gasteiger partial charge in [0.05, 0.1) is 0 Å². The molecule has 1 N–H and O–H groups in total. The highest BCUT2D eigenvalue weighted by molar-refractivity contribution is 6.01. The number of nitrogens with zero attached hydrogens (tertiary/aromatic N) is 2. The summed E-state index contributed by atoms with van der Waals surface area (Å²) in [7, 11) is 2.11. The first-order valence-corrected chi connectivity index (χ1v) is 5.42. The Hall–Kier alpha value is -1.10. The largest absolute Gasteiger partial charge is 0.324 e. The van der Waals surface area contributed by atoms with E-state index in [1.807, 2.05) is 0 Å². The van der Waals surface area contributed by atoms with Gasteiger partial charge in [-0.15, -0.1) is 0 Å². The quantitative estimate of drug-likeness (QED) is 0.648. The average molecular weight is 211 g/mol. The maximum absolute atomic E-state index is 11.3. The summed E-state index contributed by atoms with van der Waals surface area (Å²) in [5.41, 5.74) is 0. The topological polar surface area (TPSA) is 52.6 Å². The molecule has 0 bridgehead atoms. The van der Waals surface area contributed by atoms with Crippen molar-refractivity contribution in [3.05, 3.63) is 0 Å². The van der Waals surface area contributed by atoms with Gasteiger partial charge in [0, 0.05) is 6.54 Å². The lowest BCUT2D eigenvalue weighted by atomic mass is 9.97. The summed E-state index contributed by atoms with van der Waals surface area (Å²) in [5, 5.41) is 2.30. The normalized spacial score (nSPS) is 24.7. The van der Waals surface area contributed by atoms with Crippen molar-refractivity contribution in [3.63, 3.8) is 0 Å². The van der Waals surface area contributed by atoms with E-state index in [4.69, 9.17) is 0 Å². The second-order valence-corrected chi connectivity index (χ2v) is 4.48. The first-order chi connectivity index (χ1) is 7.15. The Morgan fingerprint density at radius 3 is 2.53 bits per heavy atom. The highest BCUT2D eigenvalue weighted by Gasteiger charge is 2.29. The van der Waals surface area contributed by atoms with Gasteiger partial charge in [0.1, 0.15) is 6.54 Å². The van der Waals surface area contributed by atoms with Gasteiger partial charge in [-0.05, 0) is 38.9 Å². The van der Waals surface area contributed by atoms with Crippen LogP contribution >= 0.6 is 0 Å². The summed E-state index contributed by atoms with van der Waals surface area (Å²) < 4.78 is 0. The van der Waals surface area contributed by atoms with Crippen molar-refractivity contribution in [2.75, 3.05) is 33.2 Å². The van der Waals surface area contributed by atoms with Crippen LogP contribution in [-0.4, -0.2) is 55.0 Å². The Morgan fingerprint density at radius 2 is 2.00 bits per heavy atom. The van der Waals surface area contributed by atoms with Crippen LogP contribution in [0.15, 0.2) is 0 Å². The summed E-state index contributed by atoms with van der Waals surface area (Å²) in [6.45, 7) is 3.15. The molecule has 2 aliphatic rings. The molecular weight excluding hydrogens is 194 g/mol. The molecule has 2 rings (SSSR count). The lowest BCUT2D eigenvalue weighted by molar-refractivity contribution is -0.118. The highest BCUT2D eigenvalue weighted by Crippen LogP contribution is 2.18. The number of urea groups is 1. The van der Waals surface area contributed by atoms with Crippen molar-refractivity contribution in [3.8, 4) is 0 Å². The third-order valence-electron chi connectivity index (χ3n) is 3.18. The number of carbonyl (C=O) groups excluding carboxylic acids is 2. The molecule has 15 heavy (non-hydrogen) atoms. The van der Waals surface area contributed by atoms with E-state index in [2.05, 4.69) is 17.3 Å². The third kappa shape index (κ3) is 2.47. The van der Waals surface area contributed by atoms with Crippen LogP contribution in [0, 0.1) is 5.92 Å². The van der Waals surface area contributed by atoms with Crippen molar-refractivity contribution in [1.29, 1.82) is 0 Å². The van der Waals surface area contributed by atoms with Crippen LogP contribution in [0.1, 0.15) is 12.8 Å². The minimum atomic E-state index is -0.223. The monoisotopic (exact) mass is 211 g/mol. The fourth-order valence-corrected chi connectivity index (χ4v) is 2.19. The van der Waals surface area contributed by atoms with Gasteiger partial charge in [0.25, 0.3) is 0 Å². The molecular formula is C10H17N3O2. The van der Waals surface area contributed by atoms with Crippen LogP contribution < -0.4 is 5.32 Å². The minimum Gasteiger partial charge on any atom is -0.315 e. The first kappa shape index (κ1) is 10.4. The van der Waals surface area contributed by atoms with Crippen LogP contribution in [0.5, 0.6) is 0 Å². The van der Waals surface area contributed by atoms with E-state index in [-0.39, 0.29) is 18.5 Å². The van der Waals surface area contributed by atoms with Crippen molar-refractivity contribution in [2.45, 2.75) is 12.8 Å². The molecule has 5 heteroatoms. The highest BCUT2D eigenvalue weighted by atomic mass is 16.2. The molecule has 2 heterocycles. The van der Waals surface area contributed by atoms with E-state index in [0.29, 0.717) is 5.92 Å². The zero-order chi connectivity index (χ0) is 10.8. The van der Waals surface area contributed by atoms with Gasteiger partial charge < -0.3 is 9.80 Å². The Bertz CT molecular complexity index is 272. The summed E-state index contributed by atoms with van der Waals surface area (Å²) in [5.74, 6) is 0.380. The number of nitrogens with one attached hydrogen (secondary N) is 1. The van der Waals surface area contributed by atoms with E-state index >= 15 is 0 Å². The summed E-state index contributed by atoms with van der Waals surface area (Å²) in [6.07, 6.45) is 2.24. The van der Waals surface area contributed by atoms with Gasteiger partial charge in [0.15, 0.2) is 0 Å². The van der Waals surface area contributed by atoms with E-state index in [1.165, 1.54) is 0 Å². The molecule has 0 atom stereocenters. The molecule has 0 aromatic carbocycles. The molecule has 5 nitrogen and oxygen atoms in total. The van der Waals surface area contributed by atoms with E-state index in [9.17, 15) is 9.59 Å². The Labute approximate surface area is 89.4 Å².